The van der Waals surface area contributed by atoms with Gasteiger partial charge in [-0.15, -0.1) is 0 Å². The van der Waals surface area contributed by atoms with Crippen LogP contribution in [-0.2, 0) is 11.3 Å². The van der Waals surface area contributed by atoms with Gasteiger partial charge in [-0.25, -0.2) is 0 Å². The van der Waals surface area contributed by atoms with E-state index in [9.17, 15) is 15.3 Å². The number of benzene rings is 1. The van der Waals surface area contributed by atoms with Gasteiger partial charge in [-0.05, 0) is 29.9 Å². The summed E-state index contributed by atoms with van der Waals surface area (Å²) in [7, 11) is 0. The minimum Gasteiger partial charge on any atom is -0.384 e. The van der Waals surface area contributed by atoms with Crippen LogP contribution in [0.25, 0.3) is 11.1 Å². The lowest BCUT2D eigenvalue weighted by Crippen LogP contribution is -2.16. The molecule has 0 saturated heterocycles. The number of hydrogen-bond acceptors (Lipinski definition) is 5. The molecule has 1 saturated carbocycles. The first-order valence-electron chi connectivity index (χ1n) is 7.67. The Balaban J connectivity index is 1.92. The molecule has 0 amide bonds. The van der Waals surface area contributed by atoms with Crippen LogP contribution in [-0.4, -0.2) is 11.6 Å². The second-order valence-corrected chi connectivity index (χ2v) is 5.87. The molecule has 0 atom stereocenters. The Labute approximate surface area is 139 Å². The summed E-state index contributed by atoms with van der Waals surface area (Å²) in [4.78, 5) is 14.3. The number of nitrogen functional groups attached to an aromatic ring is 1. The molecule has 2 aromatic rings. The third-order valence-electron chi connectivity index (χ3n) is 4.03. The summed E-state index contributed by atoms with van der Waals surface area (Å²) in [5.41, 5.74) is 6.98. The van der Waals surface area contributed by atoms with Gasteiger partial charge < -0.3 is 15.5 Å². The summed E-state index contributed by atoms with van der Waals surface area (Å²) < 4.78 is 5.64. The molecule has 1 aliphatic rings. The van der Waals surface area contributed by atoms with Gasteiger partial charge in [0.15, 0.2) is 0 Å². The maximum absolute atomic E-state index is 11.9. The number of nitrogens with zero attached hydrogens (tertiary/aromatic N) is 2. The number of H-pyrrole nitrogens is 1. The SMILES string of the molecule is N#Cc1c(N)[nH]c(=O)c(C#N)c1-c1ccc(COCC2CC2)cc1. The normalized spacial score (nSPS) is 13.2. The molecule has 6 heteroatoms. The van der Waals surface area contributed by atoms with Gasteiger partial charge in [0.25, 0.3) is 5.56 Å². The van der Waals surface area contributed by atoms with Crippen LogP contribution < -0.4 is 11.3 Å². The van der Waals surface area contributed by atoms with Crippen LogP contribution in [0.2, 0.25) is 0 Å². The van der Waals surface area contributed by atoms with Crippen molar-refractivity contribution in [1.29, 1.82) is 10.5 Å². The van der Waals surface area contributed by atoms with Gasteiger partial charge in [-0.3, -0.25) is 4.79 Å². The maximum atomic E-state index is 11.9. The third-order valence-corrected chi connectivity index (χ3v) is 4.03. The van der Waals surface area contributed by atoms with Crippen molar-refractivity contribution in [3.8, 4) is 23.3 Å². The minimum atomic E-state index is -0.596. The van der Waals surface area contributed by atoms with Crippen LogP contribution in [0.3, 0.4) is 0 Å². The number of hydrogen-bond donors (Lipinski definition) is 2. The van der Waals surface area contributed by atoms with Crippen LogP contribution in [0.5, 0.6) is 0 Å². The molecular weight excluding hydrogens is 304 g/mol. The van der Waals surface area contributed by atoms with Crippen molar-refractivity contribution < 1.29 is 4.74 Å². The minimum absolute atomic E-state index is 0.0339. The van der Waals surface area contributed by atoms with Crippen LogP contribution in [0.4, 0.5) is 5.82 Å². The van der Waals surface area contributed by atoms with Gasteiger partial charge in [0, 0.05) is 12.2 Å². The van der Waals surface area contributed by atoms with Crippen molar-refractivity contribution in [3.05, 3.63) is 51.3 Å². The molecule has 3 rings (SSSR count). The van der Waals surface area contributed by atoms with E-state index in [1.807, 2.05) is 24.3 Å². The van der Waals surface area contributed by atoms with E-state index in [0.717, 1.165) is 12.2 Å². The maximum Gasteiger partial charge on any atom is 0.268 e. The molecule has 0 aliphatic heterocycles. The van der Waals surface area contributed by atoms with Crippen molar-refractivity contribution >= 4 is 5.82 Å². The van der Waals surface area contributed by atoms with Crippen LogP contribution >= 0.6 is 0 Å². The average Bonchev–Trinajstić information content (AvgIpc) is 3.39. The summed E-state index contributed by atoms with van der Waals surface area (Å²) >= 11 is 0. The molecule has 3 N–H and O–H groups in total. The van der Waals surface area contributed by atoms with E-state index < -0.39 is 5.56 Å². The second-order valence-electron chi connectivity index (χ2n) is 5.87. The van der Waals surface area contributed by atoms with Crippen LogP contribution in [0.15, 0.2) is 29.1 Å². The number of rotatable bonds is 5. The summed E-state index contributed by atoms with van der Waals surface area (Å²) in [5.74, 6) is 0.674. The highest BCUT2D eigenvalue weighted by Crippen LogP contribution is 2.30. The summed E-state index contributed by atoms with van der Waals surface area (Å²) in [5, 5.41) is 18.6. The zero-order valence-electron chi connectivity index (χ0n) is 13.0. The van der Waals surface area contributed by atoms with Gasteiger partial charge >= 0.3 is 0 Å². The highest BCUT2D eigenvalue weighted by atomic mass is 16.5. The average molecular weight is 320 g/mol. The Kier molecular flexibility index (Phi) is 4.33. The predicted molar refractivity (Wildman–Crippen MR) is 88.7 cm³/mol. The number of nitrogens with two attached hydrogens (primary N) is 1. The number of ether oxygens (including phenoxy) is 1. The first-order valence-corrected chi connectivity index (χ1v) is 7.67. The van der Waals surface area contributed by atoms with Crippen molar-refractivity contribution in [2.45, 2.75) is 19.4 Å². The Morgan fingerprint density at radius 2 is 1.83 bits per heavy atom. The van der Waals surface area contributed by atoms with Crippen LogP contribution in [0, 0.1) is 28.6 Å². The molecule has 1 aliphatic carbocycles. The third kappa shape index (κ3) is 3.15. The summed E-state index contributed by atoms with van der Waals surface area (Å²) in [6.45, 7) is 1.30. The number of aromatic nitrogens is 1. The Bertz CT molecular complexity index is 897. The van der Waals surface area contributed by atoms with Crippen molar-refractivity contribution in [1.82, 2.24) is 4.98 Å². The fourth-order valence-electron chi connectivity index (χ4n) is 2.53. The first kappa shape index (κ1) is 15.8. The second kappa shape index (κ2) is 6.57. The van der Waals surface area contributed by atoms with E-state index in [1.54, 1.807) is 12.1 Å². The smallest absolute Gasteiger partial charge is 0.268 e. The van der Waals surface area contributed by atoms with E-state index in [0.29, 0.717) is 18.1 Å². The van der Waals surface area contributed by atoms with Gasteiger partial charge in [0.1, 0.15) is 29.1 Å². The number of pyridine rings is 1. The van der Waals surface area contributed by atoms with Crippen molar-refractivity contribution in [3.63, 3.8) is 0 Å². The molecule has 1 aromatic carbocycles. The molecule has 24 heavy (non-hydrogen) atoms. The molecule has 6 nitrogen and oxygen atoms in total. The van der Waals surface area contributed by atoms with E-state index in [-0.39, 0.29) is 22.5 Å². The van der Waals surface area contributed by atoms with E-state index in [2.05, 4.69) is 4.98 Å². The Hall–Kier alpha value is -3.09. The molecule has 1 fully saturated rings. The fourth-order valence-corrected chi connectivity index (χ4v) is 2.53. The molecule has 0 spiro atoms. The fraction of sp³-hybridized carbons (Fsp3) is 0.278. The van der Waals surface area contributed by atoms with Gasteiger partial charge in [0.05, 0.1) is 6.61 Å². The van der Waals surface area contributed by atoms with Crippen LogP contribution in [0.1, 0.15) is 29.5 Å². The van der Waals surface area contributed by atoms with Gasteiger partial charge in [-0.1, -0.05) is 24.3 Å². The number of aromatic amines is 1. The highest BCUT2D eigenvalue weighted by Gasteiger charge is 2.21. The molecule has 0 radical (unpaired) electrons. The van der Waals surface area contributed by atoms with E-state index in [1.165, 1.54) is 12.8 Å². The summed E-state index contributed by atoms with van der Waals surface area (Å²) in [6.07, 6.45) is 2.49. The lowest BCUT2D eigenvalue weighted by molar-refractivity contribution is 0.111. The molecule has 1 heterocycles. The Morgan fingerprint density at radius 3 is 2.42 bits per heavy atom. The zero-order chi connectivity index (χ0) is 17.1. The monoisotopic (exact) mass is 320 g/mol. The number of nitriles is 2. The topological polar surface area (TPSA) is 116 Å². The molecule has 0 bridgehead atoms. The summed E-state index contributed by atoms with van der Waals surface area (Å²) in [6, 6.07) is 11.1. The first-order chi connectivity index (χ1) is 11.6. The largest absolute Gasteiger partial charge is 0.384 e. The predicted octanol–water partition coefficient (Wildman–Crippen LogP) is 2.29. The zero-order valence-corrected chi connectivity index (χ0v) is 13.0. The quantitative estimate of drug-likeness (QED) is 0.877. The van der Waals surface area contributed by atoms with Gasteiger partial charge in [0.2, 0.25) is 0 Å². The van der Waals surface area contributed by atoms with Crippen molar-refractivity contribution in [2.24, 2.45) is 5.92 Å². The van der Waals surface area contributed by atoms with E-state index >= 15 is 0 Å². The van der Waals surface area contributed by atoms with Gasteiger partial charge in [-0.2, -0.15) is 10.5 Å². The molecule has 0 unspecified atom stereocenters. The lowest BCUT2D eigenvalue weighted by atomic mass is 9.96. The number of nitrogens with one attached hydrogen (secondary N) is 1. The van der Waals surface area contributed by atoms with E-state index in [4.69, 9.17) is 10.5 Å². The molecule has 1 aromatic heterocycles. The standard InChI is InChI=1S/C18H16N4O2/c19-7-14-16(15(8-20)18(23)22-17(14)21)13-5-3-12(4-6-13)10-24-9-11-1-2-11/h3-6,11H,1-2,9-10H2,(H3,21,22,23). The van der Waals surface area contributed by atoms with Crippen molar-refractivity contribution in [2.75, 3.05) is 12.3 Å². The lowest BCUT2D eigenvalue weighted by Gasteiger charge is -2.10. The highest BCUT2D eigenvalue weighted by molar-refractivity contribution is 5.80. The number of anilines is 1. The molecular formula is C18H16N4O2. The molecule has 120 valence electrons. The Morgan fingerprint density at radius 1 is 1.17 bits per heavy atom.